The van der Waals surface area contributed by atoms with E-state index in [0.717, 1.165) is 4.90 Å². The molecule has 0 aliphatic rings. The SMILES string of the molecule is CSc1cccc(NC(C)C(C)(C)C)c1C(=O)O. The van der Waals surface area contributed by atoms with Gasteiger partial charge in [-0.1, -0.05) is 26.8 Å². The zero-order valence-corrected chi connectivity index (χ0v) is 12.4. The summed E-state index contributed by atoms with van der Waals surface area (Å²) in [5, 5.41) is 12.7. The summed E-state index contributed by atoms with van der Waals surface area (Å²) in [6.07, 6.45) is 1.89. The Hall–Kier alpha value is -1.16. The van der Waals surface area contributed by atoms with Crippen molar-refractivity contribution in [2.24, 2.45) is 5.41 Å². The zero-order chi connectivity index (χ0) is 13.9. The van der Waals surface area contributed by atoms with Gasteiger partial charge in [0.2, 0.25) is 0 Å². The van der Waals surface area contributed by atoms with Crippen molar-refractivity contribution >= 4 is 23.4 Å². The summed E-state index contributed by atoms with van der Waals surface area (Å²) in [6.45, 7) is 8.45. The number of anilines is 1. The van der Waals surface area contributed by atoms with Crippen molar-refractivity contribution in [3.05, 3.63) is 23.8 Å². The van der Waals surface area contributed by atoms with Crippen LogP contribution in [0.4, 0.5) is 5.69 Å². The Morgan fingerprint density at radius 3 is 2.44 bits per heavy atom. The topological polar surface area (TPSA) is 49.3 Å². The van der Waals surface area contributed by atoms with E-state index in [9.17, 15) is 9.90 Å². The van der Waals surface area contributed by atoms with Crippen LogP contribution in [0.25, 0.3) is 0 Å². The zero-order valence-electron chi connectivity index (χ0n) is 11.6. The lowest BCUT2D eigenvalue weighted by atomic mass is 9.88. The van der Waals surface area contributed by atoms with Crippen LogP contribution in [-0.2, 0) is 0 Å². The van der Waals surface area contributed by atoms with Gasteiger partial charge in [0, 0.05) is 10.9 Å². The van der Waals surface area contributed by atoms with Crippen LogP contribution >= 0.6 is 11.8 Å². The maximum absolute atomic E-state index is 11.4. The van der Waals surface area contributed by atoms with Gasteiger partial charge in [0.05, 0.1) is 11.3 Å². The Kier molecular flexibility index (Phi) is 4.68. The molecule has 0 amide bonds. The van der Waals surface area contributed by atoms with Gasteiger partial charge in [0.25, 0.3) is 0 Å². The molecule has 0 bridgehead atoms. The number of aromatic carboxylic acids is 1. The molecule has 1 aromatic carbocycles. The second-order valence-corrected chi connectivity index (χ2v) is 6.27. The largest absolute Gasteiger partial charge is 0.478 e. The van der Waals surface area contributed by atoms with Crippen LogP contribution in [0.15, 0.2) is 23.1 Å². The van der Waals surface area contributed by atoms with E-state index in [0.29, 0.717) is 11.3 Å². The van der Waals surface area contributed by atoms with Gasteiger partial charge in [-0.15, -0.1) is 11.8 Å². The molecular formula is C14H21NO2S. The second-order valence-electron chi connectivity index (χ2n) is 5.42. The maximum atomic E-state index is 11.4. The van der Waals surface area contributed by atoms with Gasteiger partial charge >= 0.3 is 5.97 Å². The van der Waals surface area contributed by atoms with Gasteiger partial charge in [0.1, 0.15) is 0 Å². The highest BCUT2D eigenvalue weighted by Gasteiger charge is 2.22. The molecule has 0 radical (unpaired) electrons. The predicted octanol–water partition coefficient (Wildman–Crippen LogP) is 3.95. The second kappa shape index (κ2) is 5.65. The normalized spacial score (nSPS) is 13.2. The predicted molar refractivity (Wildman–Crippen MR) is 77.7 cm³/mol. The summed E-state index contributed by atoms with van der Waals surface area (Å²) < 4.78 is 0. The van der Waals surface area contributed by atoms with Crippen molar-refractivity contribution in [1.29, 1.82) is 0 Å². The quantitative estimate of drug-likeness (QED) is 0.811. The van der Waals surface area contributed by atoms with Crippen molar-refractivity contribution in [1.82, 2.24) is 0 Å². The third-order valence-corrected chi connectivity index (χ3v) is 3.91. The molecule has 0 aliphatic heterocycles. The van der Waals surface area contributed by atoms with Crippen molar-refractivity contribution < 1.29 is 9.90 Å². The van der Waals surface area contributed by atoms with E-state index in [4.69, 9.17) is 0 Å². The number of benzene rings is 1. The maximum Gasteiger partial charge on any atom is 0.338 e. The van der Waals surface area contributed by atoms with Crippen LogP contribution < -0.4 is 5.32 Å². The standard InChI is InChI=1S/C14H21NO2S/c1-9(14(2,3)4)15-10-7-6-8-11(18-5)12(10)13(16)17/h6-9,15H,1-5H3,(H,16,17). The van der Waals surface area contributed by atoms with Gasteiger partial charge < -0.3 is 10.4 Å². The van der Waals surface area contributed by atoms with E-state index < -0.39 is 5.97 Å². The number of rotatable bonds is 4. The van der Waals surface area contributed by atoms with E-state index in [2.05, 4.69) is 33.0 Å². The van der Waals surface area contributed by atoms with E-state index in [-0.39, 0.29) is 11.5 Å². The smallest absolute Gasteiger partial charge is 0.338 e. The summed E-state index contributed by atoms with van der Waals surface area (Å²) in [4.78, 5) is 12.2. The fraction of sp³-hybridized carbons (Fsp3) is 0.500. The van der Waals surface area contributed by atoms with Gasteiger partial charge in [-0.3, -0.25) is 0 Å². The van der Waals surface area contributed by atoms with Crippen molar-refractivity contribution in [3.8, 4) is 0 Å². The molecule has 100 valence electrons. The Balaban J connectivity index is 3.13. The first-order valence-corrected chi connectivity index (χ1v) is 7.16. The number of hydrogen-bond donors (Lipinski definition) is 2. The Morgan fingerprint density at radius 1 is 1.39 bits per heavy atom. The van der Waals surface area contributed by atoms with Crippen LogP contribution in [0.2, 0.25) is 0 Å². The molecule has 0 aromatic heterocycles. The summed E-state index contributed by atoms with van der Waals surface area (Å²) >= 11 is 1.45. The van der Waals surface area contributed by atoms with E-state index in [1.54, 1.807) is 0 Å². The van der Waals surface area contributed by atoms with Crippen LogP contribution in [-0.4, -0.2) is 23.4 Å². The minimum absolute atomic E-state index is 0.0745. The average molecular weight is 267 g/mol. The summed E-state index contributed by atoms with van der Waals surface area (Å²) in [7, 11) is 0. The number of thioether (sulfide) groups is 1. The summed E-state index contributed by atoms with van der Waals surface area (Å²) in [5.74, 6) is -0.886. The van der Waals surface area contributed by atoms with Gasteiger partial charge in [-0.2, -0.15) is 0 Å². The number of nitrogens with one attached hydrogen (secondary N) is 1. The number of carbonyl (C=O) groups is 1. The fourth-order valence-corrected chi connectivity index (χ4v) is 2.11. The molecule has 0 saturated carbocycles. The summed E-state index contributed by atoms with van der Waals surface area (Å²) in [6, 6.07) is 5.73. The number of carboxylic acid groups (broad SMARTS) is 1. The molecule has 4 heteroatoms. The Labute approximate surface area is 113 Å². The van der Waals surface area contributed by atoms with Crippen LogP contribution in [0.5, 0.6) is 0 Å². The van der Waals surface area contributed by atoms with E-state index in [1.807, 2.05) is 24.5 Å². The van der Waals surface area contributed by atoms with Gasteiger partial charge in [0.15, 0.2) is 0 Å². The van der Waals surface area contributed by atoms with Gasteiger partial charge in [-0.25, -0.2) is 4.79 Å². The van der Waals surface area contributed by atoms with Crippen molar-refractivity contribution in [2.75, 3.05) is 11.6 Å². The molecule has 0 fully saturated rings. The minimum Gasteiger partial charge on any atom is -0.478 e. The van der Waals surface area contributed by atoms with Crippen LogP contribution in [0.1, 0.15) is 38.1 Å². The molecule has 1 unspecified atom stereocenters. The first-order chi connectivity index (χ1) is 8.27. The highest BCUT2D eigenvalue weighted by Crippen LogP contribution is 2.30. The third kappa shape index (κ3) is 3.42. The monoisotopic (exact) mass is 267 g/mol. The lowest BCUT2D eigenvalue weighted by Crippen LogP contribution is -2.31. The number of hydrogen-bond acceptors (Lipinski definition) is 3. The molecule has 2 N–H and O–H groups in total. The Bertz CT molecular complexity index is 438. The molecular weight excluding hydrogens is 246 g/mol. The molecule has 1 aromatic rings. The highest BCUT2D eigenvalue weighted by molar-refractivity contribution is 7.98. The van der Waals surface area contributed by atoms with E-state index >= 15 is 0 Å². The molecule has 0 heterocycles. The van der Waals surface area contributed by atoms with Crippen molar-refractivity contribution in [3.63, 3.8) is 0 Å². The molecule has 1 atom stereocenters. The lowest BCUT2D eigenvalue weighted by molar-refractivity contribution is 0.0694. The molecule has 0 spiro atoms. The Morgan fingerprint density at radius 2 is 2.00 bits per heavy atom. The van der Waals surface area contributed by atoms with Gasteiger partial charge in [-0.05, 0) is 30.7 Å². The van der Waals surface area contributed by atoms with Crippen LogP contribution in [0.3, 0.4) is 0 Å². The first kappa shape index (κ1) is 14.9. The molecule has 0 aliphatic carbocycles. The summed E-state index contributed by atoms with van der Waals surface area (Å²) in [5.41, 5.74) is 1.13. The average Bonchev–Trinajstić information content (AvgIpc) is 2.26. The number of carboxylic acids is 1. The van der Waals surface area contributed by atoms with E-state index in [1.165, 1.54) is 11.8 Å². The minimum atomic E-state index is -0.886. The lowest BCUT2D eigenvalue weighted by Gasteiger charge is -2.29. The molecule has 1 rings (SSSR count). The molecule has 18 heavy (non-hydrogen) atoms. The molecule has 0 saturated heterocycles. The molecule has 3 nitrogen and oxygen atoms in total. The third-order valence-electron chi connectivity index (χ3n) is 3.13. The van der Waals surface area contributed by atoms with Crippen molar-refractivity contribution in [2.45, 2.75) is 38.6 Å². The van der Waals surface area contributed by atoms with Crippen LogP contribution in [0, 0.1) is 5.41 Å². The highest BCUT2D eigenvalue weighted by atomic mass is 32.2. The fourth-order valence-electron chi connectivity index (χ4n) is 1.49. The first-order valence-electron chi connectivity index (χ1n) is 5.94.